The Morgan fingerprint density at radius 1 is 1.12 bits per heavy atom. The number of aliphatic carboxylic acids is 1. The summed E-state index contributed by atoms with van der Waals surface area (Å²) in [5.41, 5.74) is 6.80. The fourth-order valence-electron chi connectivity index (χ4n) is 4.33. The van der Waals surface area contributed by atoms with Gasteiger partial charge >= 0.3 is 12.1 Å². The number of rotatable bonds is 7. The first-order valence-electron chi connectivity index (χ1n) is 10.8. The number of hydrazine groups is 1. The van der Waals surface area contributed by atoms with E-state index >= 15 is 0 Å². The van der Waals surface area contributed by atoms with Crippen molar-refractivity contribution in [3.8, 4) is 11.1 Å². The minimum absolute atomic E-state index is 0.0459. The number of carboxylic acids is 1. The second kappa shape index (κ2) is 9.32. The lowest BCUT2D eigenvalue weighted by Crippen LogP contribution is -2.49. The molecule has 1 fully saturated rings. The first-order chi connectivity index (χ1) is 15.9. The van der Waals surface area contributed by atoms with E-state index in [0.717, 1.165) is 27.3 Å². The minimum Gasteiger partial charge on any atom is -0.480 e. The van der Waals surface area contributed by atoms with Gasteiger partial charge < -0.3 is 15.2 Å². The molecule has 0 bridgehead atoms. The number of carboxylic acid groups (broad SMARTS) is 1. The smallest absolute Gasteiger partial charge is 0.407 e. The molecule has 3 N–H and O–H groups in total. The van der Waals surface area contributed by atoms with Crippen molar-refractivity contribution in [3.05, 3.63) is 59.7 Å². The number of benzene rings is 2. The third-order valence-corrected chi connectivity index (χ3v) is 6.07. The number of fused-ring (bicyclic) bond motifs is 3. The quantitative estimate of drug-likeness (QED) is 0.593. The summed E-state index contributed by atoms with van der Waals surface area (Å²) in [6, 6.07) is 14.9. The molecule has 172 valence electrons. The summed E-state index contributed by atoms with van der Waals surface area (Å²) in [5.74, 6) is -2.91. The number of carbonyl (C=O) groups is 4. The van der Waals surface area contributed by atoms with Crippen LogP contribution in [0.15, 0.2) is 48.5 Å². The number of carbonyl (C=O) groups excluding carboxylic acids is 3. The van der Waals surface area contributed by atoms with Crippen LogP contribution in [0.1, 0.15) is 36.8 Å². The molecule has 0 spiro atoms. The predicted octanol–water partition coefficient (Wildman–Crippen LogP) is 2.27. The Balaban J connectivity index is 1.27. The largest absolute Gasteiger partial charge is 0.480 e. The Bertz CT molecular complexity index is 1060. The maximum atomic E-state index is 12.5. The van der Waals surface area contributed by atoms with Gasteiger partial charge in [0.25, 0.3) is 0 Å². The van der Waals surface area contributed by atoms with Crippen molar-refractivity contribution in [2.24, 2.45) is 5.92 Å². The van der Waals surface area contributed by atoms with E-state index in [-0.39, 0.29) is 31.9 Å². The number of alkyl carbamates (subject to hydrolysis) is 1. The Labute approximate surface area is 190 Å². The van der Waals surface area contributed by atoms with Crippen LogP contribution in [0, 0.1) is 5.92 Å². The Kier molecular flexibility index (Phi) is 6.30. The van der Waals surface area contributed by atoms with Crippen molar-refractivity contribution in [1.82, 2.24) is 15.8 Å². The molecule has 2 aliphatic rings. The highest BCUT2D eigenvalue weighted by Gasteiger charge is 2.40. The fraction of sp³-hybridized carbons (Fsp3) is 0.333. The lowest BCUT2D eigenvalue weighted by atomic mass is 9.98. The summed E-state index contributed by atoms with van der Waals surface area (Å²) in [4.78, 5) is 47.5. The van der Waals surface area contributed by atoms with Crippen LogP contribution < -0.4 is 10.7 Å². The Hall–Kier alpha value is -3.88. The zero-order valence-corrected chi connectivity index (χ0v) is 18.1. The van der Waals surface area contributed by atoms with Crippen LogP contribution in [0.25, 0.3) is 11.1 Å². The summed E-state index contributed by atoms with van der Waals surface area (Å²) < 4.78 is 5.46. The van der Waals surface area contributed by atoms with Gasteiger partial charge in [-0.25, -0.2) is 14.6 Å². The van der Waals surface area contributed by atoms with Gasteiger partial charge in [0.05, 0.1) is 6.42 Å². The van der Waals surface area contributed by atoms with E-state index in [0.29, 0.717) is 0 Å². The van der Waals surface area contributed by atoms with Gasteiger partial charge in [0.15, 0.2) is 6.04 Å². The molecule has 0 radical (unpaired) electrons. The topological polar surface area (TPSA) is 125 Å². The second-order valence-electron chi connectivity index (χ2n) is 8.24. The van der Waals surface area contributed by atoms with Crippen molar-refractivity contribution >= 4 is 23.9 Å². The third-order valence-electron chi connectivity index (χ3n) is 6.07. The molecular weight excluding hydrogens is 426 g/mol. The molecule has 1 saturated heterocycles. The molecular formula is C24H25N3O6. The number of hydrogen-bond acceptors (Lipinski definition) is 5. The number of hydrogen-bond donors (Lipinski definition) is 3. The van der Waals surface area contributed by atoms with E-state index in [1.54, 1.807) is 6.92 Å². The van der Waals surface area contributed by atoms with Gasteiger partial charge in [-0.1, -0.05) is 55.5 Å². The van der Waals surface area contributed by atoms with E-state index in [4.69, 9.17) is 4.74 Å². The normalized spacial score (nSPS) is 17.7. The van der Waals surface area contributed by atoms with E-state index in [1.165, 1.54) is 0 Å². The van der Waals surface area contributed by atoms with E-state index in [1.807, 2.05) is 36.4 Å². The molecule has 2 aromatic rings. The van der Waals surface area contributed by atoms with Crippen molar-refractivity contribution in [2.45, 2.75) is 31.7 Å². The maximum absolute atomic E-state index is 12.5. The van der Waals surface area contributed by atoms with Crippen molar-refractivity contribution in [2.75, 3.05) is 13.2 Å². The number of amides is 3. The second-order valence-corrected chi connectivity index (χ2v) is 8.24. The third kappa shape index (κ3) is 4.52. The Morgan fingerprint density at radius 3 is 2.33 bits per heavy atom. The van der Waals surface area contributed by atoms with Crippen LogP contribution >= 0.6 is 0 Å². The highest BCUT2D eigenvalue weighted by Crippen LogP contribution is 2.44. The molecule has 3 amide bonds. The molecule has 1 heterocycles. The summed E-state index contributed by atoms with van der Waals surface area (Å²) in [5, 5.41) is 12.7. The van der Waals surface area contributed by atoms with Crippen LogP contribution in [0.4, 0.5) is 4.79 Å². The van der Waals surface area contributed by atoms with Gasteiger partial charge in [-0.2, -0.15) is 0 Å². The molecule has 0 aromatic heterocycles. The number of nitrogens with zero attached hydrogens (tertiary/aromatic N) is 1. The monoisotopic (exact) mass is 451 g/mol. The van der Waals surface area contributed by atoms with Gasteiger partial charge in [-0.15, -0.1) is 0 Å². The minimum atomic E-state index is -1.24. The molecule has 2 atom stereocenters. The first kappa shape index (κ1) is 22.3. The van der Waals surface area contributed by atoms with E-state index in [2.05, 4.69) is 22.9 Å². The standard InChI is InChI=1S/C24H25N3O6/c1-14(22(29)27-20(23(30)31)12-21(28)26-27)10-11-25-24(32)33-13-19-17-8-4-2-6-15(17)16-7-3-5-9-18(16)19/h2-9,14,19-20H,10-13H2,1H3,(H,25,32)(H,26,28)(H,30,31). The zero-order chi connectivity index (χ0) is 23.5. The SMILES string of the molecule is CC(CCNC(=O)OCC1c2ccccc2-c2ccccc21)C(=O)N1NC(=O)CC1C(=O)O. The summed E-state index contributed by atoms with van der Waals surface area (Å²) in [6.45, 7) is 1.97. The molecule has 2 unspecified atom stereocenters. The lowest BCUT2D eigenvalue weighted by Gasteiger charge is -2.23. The summed E-state index contributed by atoms with van der Waals surface area (Å²) in [6.07, 6.45) is -0.595. The molecule has 9 nitrogen and oxygen atoms in total. The van der Waals surface area contributed by atoms with Gasteiger partial charge in [-0.05, 0) is 28.7 Å². The number of ether oxygens (including phenoxy) is 1. The maximum Gasteiger partial charge on any atom is 0.407 e. The highest BCUT2D eigenvalue weighted by molar-refractivity contribution is 5.94. The molecule has 1 aliphatic heterocycles. The van der Waals surface area contributed by atoms with E-state index < -0.39 is 35.8 Å². The van der Waals surface area contributed by atoms with Crippen molar-refractivity contribution in [1.29, 1.82) is 0 Å². The Morgan fingerprint density at radius 2 is 1.73 bits per heavy atom. The van der Waals surface area contributed by atoms with E-state index in [9.17, 15) is 24.3 Å². The average Bonchev–Trinajstić information content (AvgIpc) is 3.35. The van der Waals surface area contributed by atoms with Crippen LogP contribution in [0.3, 0.4) is 0 Å². The fourth-order valence-corrected chi connectivity index (χ4v) is 4.33. The predicted molar refractivity (Wildman–Crippen MR) is 118 cm³/mol. The number of nitrogens with one attached hydrogen (secondary N) is 2. The van der Waals surface area contributed by atoms with Gasteiger partial charge in [0.2, 0.25) is 11.8 Å². The summed E-state index contributed by atoms with van der Waals surface area (Å²) in [7, 11) is 0. The average molecular weight is 451 g/mol. The molecule has 9 heteroatoms. The molecule has 2 aromatic carbocycles. The van der Waals surface area contributed by atoms with Gasteiger partial charge in [0, 0.05) is 18.4 Å². The lowest BCUT2D eigenvalue weighted by molar-refractivity contribution is -0.152. The van der Waals surface area contributed by atoms with Gasteiger partial charge in [0.1, 0.15) is 6.61 Å². The van der Waals surface area contributed by atoms with Crippen LogP contribution in [-0.2, 0) is 19.1 Å². The molecule has 4 rings (SSSR count). The first-order valence-corrected chi connectivity index (χ1v) is 10.8. The molecule has 0 saturated carbocycles. The highest BCUT2D eigenvalue weighted by atomic mass is 16.5. The van der Waals surface area contributed by atoms with Crippen molar-refractivity contribution < 1.29 is 29.0 Å². The zero-order valence-electron chi connectivity index (χ0n) is 18.1. The van der Waals surface area contributed by atoms with Crippen LogP contribution in [0.2, 0.25) is 0 Å². The van der Waals surface area contributed by atoms with Gasteiger partial charge in [-0.3, -0.25) is 15.0 Å². The van der Waals surface area contributed by atoms with Crippen LogP contribution in [0.5, 0.6) is 0 Å². The summed E-state index contributed by atoms with van der Waals surface area (Å²) >= 11 is 0. The molecule has 1 aliphatic carbocycles. The van der Waals surface area contributed by atoms with Crippen LogP contribution in [-0.4, -0.2) is 53.2 Å². The molecule has 33 heavy (non-hydrogen) atoms. The van der Waals surface area contributed by atoms with Crippen molar-refractivity contribution in [3.63, 3.8) is 0 Å².